The fourth-order valence-electron chi connectivity index (χ4n) is 11.1. The first-order valence-electron chi connectivity index (χ1n) is 28.5. The second kappa shape index (κ2) is 29.8. The Kier molecular flexibility index (Phi) is 25.0. The molecule has 19 heteroatoms. The summed E-state index contributed by atoms with van der Waals surface area (Å²) in [4.78, 5) is 113. The zero-order valence-electron chi connectivity index (χ0n) is 47.4. The predicted octanol–water partition coefficient (Wildman–Crippen LogP) is 3.80. The van der Waals surface area contributed by atoms with E-state index in [-0.39, 0.29) is 59.1 Å². The van der Waals surface area contributed by atoms with Crippen molar-refractivity contribution in [1.29, 1.82) is 0 Å². The van der Waals surface area contributed by atoms with Crippen LogP contribution in [-0.2, 0) is 38.4 Å². The Morgan fingerprint density at radius 3 is 1.24 bits per heavy atom. The summed E-state index contributed by atoms with van der Waals surface area (Å²) in [6.07, 6.45) is 17.2. The van der Waals surface area contributed by atoms with Crippen LogP contribution >= 0.6 is 0 Å². The highest BCUT2D eigenvalue weighted by molar-refractivity contribution is 5.97. The number of hydrazine groups is 1. The monoisotopic (exact) mass is 1040 g/mol. The molecule has 2 saturated heterocycles. The molecular formula is C55H99N11O8. The van der Waals surface area contributed by atoms with Gasteiger partial charge >= 0.3 is 0 Å². The van der Waals surface area contributed by atoms with Gasteiger partial charge in [-0.05, 0) is 115 Å². The first-order chi connectivity index (χ1) is 35.0. The molecule has 0 radical (unpaired) electrons. The van der Waals surface area contributed by atoms with Gasteiger partial charge in [-0.3, -0.25) is 43.8 Å². The third kappa shape index (κ3) is 18.2. The molecule has 0 spiro atoms. The summed E-state index contributed by atoms with van der Waals surface area (Å²) in [5.74, 6) is -2.18. The van der Waals surface area contributed by atoms with Crippen molar-refractivity contribution in [2.24, 2.45) is 22.7 Å². The molecule has 0 aromatic carbocycles. The van der Waals surface area contributed by atoms with Crippen LogP contribution in [0.5, 0.6) is 0 Å². The molecule has 2 heterocycles. The molecule has 4 fully saturated rings. The van der Waals surface area contributed by atoms with E-state index in [9.17, 15) is 38.4 Å². The van der Waals surface area contributed by atoms with Gasteiger partial charge < -0.3 is 47.0 Å². The summed E-state index contributed by atoms with van der Waals surface area (Å²) < 4.78 is 0. The van der Waals surface area contributed by atoms with Crippen LogP contribution in [-0.4, -0.2) is 158 Å². The van der Waals surface area contributed by atoms with Crippen LogP contribution in [0.4, 0.5) is 0 Å². The minimum atomic E-state index is -0.848. The Morgan fingerprint density at radius 2 is 0.878 bits per heavy atom. The molecule has 8 N–H and O–H groups in total. The summed E-state index contributed by atoms with van der Waals surface area (Å²) in [5.41, 5.74) is 1.73. The van der Waals surface area contributed by atoms with Gasteiger partial charge in [0.15, 0.2) is 0 Å². The van der Waals surface area contributed by atoms with E-state index >= 15 is 0 Å². The van der Waals surface area contributed by atoms with Gasteiger partial charge in [0.25, 0.3) is 0 Å². The number of carbonyl (C=O) groups is 8. The quantitative estimate of drug-likeness (QED) is 0.0458. The Hall–Kier alpha value is -4.36. The van der Waals surface area contributed by atoms with E-state index in [4.69, 9.17) is 0 Å². The fraction of sp³-hybridized carbons (Fsp3) is 0.855. The third-order valence-electron chi connectivity index (χ3n) is 16.2. The van der Waals surface area contributed by atoms with Gasteiger partial charge in [-0.1, -0.05) is 106 Å². The van der Waals surface area contributed by atoms with Crippen molar-refractivity contribution < 1.29 is 38.4 Å². The van der Waals surface area contributed by atoms with Crippen LogP contribution in [0.2, 0.25) is 0 Å². The highest BCUT2D eigenvalue weighted by atomic mass is 16.2. The summed E-state index contributed by atoms with van der Waals surface area (Å²) in [6, 6.07) is -5.54. The predicted molar refractivity (Wildman–Crippen MR) is 288 cm³/mol. The van der Waals surface area contributed by atoms with Crippen LogP contribution in [0.1, 0.15) is 184 Å². The second-order valence-corrected chi connectivity index (χ2v) is 24.0. The second-order valence-electron chi connectivity index (χ2n) is 24.0. The molecule has 0 unspecified atom stereocenters. The maximum atomic E-state index is 14.2. The van der Waals surface area contributed by atoms with Crippen molar-refractivity contribution in [2.75, 3.05) is 47.3 Å². The minimum absolute atomic E-state index is 0.00853. The highest BCUT2D eigenvalue weighted by Crippen LogP contribution is 2.31. The Morgan fingerprint density at radius 1 is 0.500 bits per heavy atom. The lowest BCUT2D eigenvalue weighted by atomic mass is 9.83. The Balaban J connectivity index is 1.23. The van der Waals surface area contributed by atoms with Crippen LogP contribution < -0.4 is 42.6 Å². The third-order valence-corrected chi connectivity index (χ3v) is 16.2. The molecule has 422 valence electrons. The first-order valence-corrected chi connectivity index (χ1v) is 28.5. The number of rotatable bonds is 26. The highest BCUT2D eigenvalue weighted by Gasteiger charge is 2.45. The van der Waals surface area contributed by atoms with Crippen LogP contribution in [0, 0.1) is 22.7 Å². The Bertz CT molecular complexity index is 1860. The molecule has 2 saturated carbocycles. The number of carbonyl (C=O) groups excluding carboxylic acids is 8. The van der Waals surface area contributed by atoms with Gasteiger partial charge in [0.2, 0.25) is 47.3 Å². The minimum Gasteiger partial charge on any atom is -0.354 e. The fourth-order valence-corrected chi connectivity index (χ4v) is 11.1. The number of nitrogens with one attached hydrogen (secondary N) is 8. The van der Waals surface area contributed by atoms with Crippen molar-refractivity contribution in [3.8, 4) is 0 Å². The molecule has 8 atom stereocenters. The lowest BCUT2D eigenvalue weighted by Crippen LogP contribution is -2.61. The number of amides is 8. The number of likely N-dealkylation sites (N-methyl/N-ethyl adjacent to an activating group) is 2. The first kappa shape index (κ1) is 62.2. The van der Waals surface area contributed by atoms with E-state index in [1.54, 1.807) is 49.8 Å². The van der Waals surface area contributed by atoms with E-state index in [1.807, 2.05) is 41.5 Å². The van der Waals surface area contributed by atoms with Gasteiger partial charge in [0.05, 0.1) is 12.1 Å². The van der Waals surface area contributed by atoms with E-state index < -0.39 is 59.2 Å². The average molecular weight is 1040 g/mol. The molecule has 19 nitrogen and oxygen atoms in total. The zero-order chi connectivity index (χ0) is 54.8. The van der Waals surface area contributed by atoms with Crippen molar-refractivity contribution in [3.05, 3.63) is 0 Å². The van der Waals surface area contributed by atoms with Crippen LogP contribution in [0.25, 0.3) is 0 Å². The number of nitrogens with zero attached hydrogens (tertiary/aromatic N) is 3. The van der Waals surface area contributed by atoms with Gasteiger partial charge in [0, 0.05) is 33.2 Å². The maximum Gasteiger partial charge on any atom is 0.246 e. The van der Waals surface area contributed by atoms with Gasteiger partial charge in [-0.2, -0.15) is 0 Å². The molecule has 2 aliphatic heterocycles. The molecule has 74 heavy (non-hydrogen) atoms. The van der Waals surface area contributed by atoms with Crippen molar-refractivity contribution in [3.63, 3.8) is 0 Å². The SMILES string of the molecule is CN[C@@H](C)C(=O)N[C@H](C(=O)N1CCC[C@H]1C(=O)N[C@H](C(=O)NCCCCCCCCNC(=O)[C@@H](NC(=O)[C@@H]1CCCN1C(=O)[C@@H](NC(=O)[C@H](C)N(C)NC)C(C)(C)C)C1CCCCC1)C1CCCCC1)C(C)(C)C. The number of unbranched alkanes of at least 4 members (excludes halogenated alkanes) is 5. The number of hydrogen-bond acceptors (Lipinski definition) is 11. The molecule has 2 aliphatic carbocycles. The normalized spacial score (nSPS) is 21.5. The smallest absolute Gasteiger partial charge is 0.246 e. The van der Waals surface area contributed by atoms with Crippen LogP contribution in [0.15, 0.2) is 0 Å². The standard InChI is InChI=1S/C55H99N11O8/c1-36(56-9)46(67)62-44(54(3,4)5)52(73)65-34-24-30-40(65)48(69)60-42(38-26-18-16-19-27-38)50(71)58-32-22-14-12-13-15-23-33-59-51(72)43(39-28-20-17-21-29-39)61-49(70)41-31-25-35-66(41)53(74)45(55(6,7)8)63-47(68)37(2)64(11)57-10/h36-45,56-57H,12-35H2,1-11H3,(H,58,71)(H,59,72)(H,60,69)(H,61,70)(H,62,67)(H,63,68)/t36-,37-,40-,41-,42-,43-,44+,45+/m0/s1. The average Bonchev–Trinajstić information content (AvgIpc) is 4.09. The summed E-state index contributed by atoms with van der Waals surface area (Å²) >= 11 is 0. The van der Waals surface area contributed by atoms with Crippen LogP contribution in [0.3, 0.4) is 0 Å². The molecular weight excluding hydrogens is 943 g/mol. The topological polar surface area (TPSA) is 243 Å². The lowest BCUT2D eigenvalue weighted by Gasteiger charge is -2.37. The van der Waals surface area contributed by atoms with Gasteiger partial charge in [-0.15, -0.1) is 0 Å². The van der Waals surface area contributed by atoms with Crippen molar-refractivity contribution in [2.45, 2.75) is 232 Å². The molecule has 0 bridgehead atoms. The Labute approximate surface area is 443 Å². The summed E-state index contributed by atoms with van der Waals surface area (Å²) in [7, 11) is 5.16. The molecule has 4 rings (SSSR count). The van der Waals surface area contributed by atoms with Crippen molar-refractivity contribution >= 4 is 47.3 Å². The molecule has 4 aliphatic rings. The zero-order valence-corrected chi connectivity index (χ0v) is 47.4. The summed E-state index contributed by atoms with van der Waals surface area (Å²) in [6.45, 7) is 16.7. The molecule has 0 aromatic heterocycles. The molecule has 8 amide bonds. The maximum absolute atomic E-state index is 14.2. The van der Waals surface area contributed by atoms with Gasteiger partial charge in [0.1, 0.15) is 36.3 Å². The van der Waals surface area contributed by atoms with Crippen molar-refractivity contribution in [1.82, 2.24) is 57.5 Å². The number of likely N-dealkylation sites (tertiary alicyclic amines) is 2. The van der Waals surface area contributed by atoms with E-state index in [0.717, 1.165) is 103 Å². The van der Waals surface area contributed by atoms with E-state index in [0.29, 0.717) is 51.9 Å². The van der Waals surface area contributed by atoms with Gasteiger partial charge in [-0.25, -0.2) is 5.01 Å². The molecule has 0 aromatic rings. The van der Waals surface area contributed by atoms with E-state index in [1.165, 1.54) is 0 Å². The number of hydrogen-bond donors (Lipinski definition) is 8. The lowest BCUT2D eigenvalue weighted by molar-refractivity contribution is -0.145. The largest absolute Gasteiger partial charge is 0.354 e. The van der Waals surface area contributed by atoms with E-state index in [2.05, 4.69) is 42.6 Å². The summed E-state index contributed by atoms with van der Waals surface area (Å²) in [5, 5.41) is 22.9.